The summed E-state index contributed by atoms with van der Waals surface area (Å²) in [5, 5.41) is 0. The van der Waals surface area contributed by atoms with Crippen LogP contribution in [0.2, 0.25) is 0 Å². The van der Waals surface area contributed by atoms with Crippen molar-refractivity contribution in [2.75, 3.05) is 0 Å². The molecule has 0 heterocycles. The standard InChI is InChI=1S/C18H14Br2F6/c1-11-3-7-13(8-4-11)15(21,22)17(19,25)18(20,26)16(23,24)14-9-5-12(2)6-10-14/h3-10H,1-2H3. The quantitative estimate of drug-likeness (QED) is 0.296. The molecule has 26 heavy (non-hydrogen) atoms. The molecule has 0 radical (unpaired) electrons. The number of halogens is 8. The van der Waals surface area contributed by atoms with Gasteiger partial charge in [-0.25, -0.2) is 8.78 Å². The number of aryl methyl sites for hydroxylation is 2. The molecule has 2 atom stereocenters. The zero-order valence-corrected chi connectivity index (χ0v) is 16.8. The first-order valence-electron chi connectivity index (χ1n) is 7.40. The Bertz CT molecular complexity index is 700. The third-order valence-electron chi connectivity index (χ3n) is 4.01. The van der Waals surface area contributed by atoms with Gasteiger partial charge in [-0.15, -0.1) is 0 Å². The minimum absolute atomic E-state index is 0.596. The predicted octanol–water partition coefficient (Wildman–Crippen LogP) is 7.31. The number of rotatable bonds is 5. The lowest BCUT2D eigenvalue weighted by Crippen LogP contribution is -2.57. The fraction of sp³-hybridized carbons (Fsp3) is 0.333. The van der Waals surface area contributed by atoms with Crippen LogP contribution in [0.3, 0.4) is 0 Å². The number of hydrogen-bond acceptors (Lipinski definition) is 0. The molecule has 0 aromatic heterocycles. The molecule has 8 heteroatoms. The molecular formula is C18H14Br2F6. The van der Waals surface area contributed by atoms with E-state index in [1.54, 1.807) is 13.8 Å². The molecule has 0 N–H and O–H groups in total. The third kappa shape index (κ3) is 3.30. The maximum absolute atomic E-state index is 15.0. The Morgan fingerprint density at radius 1 is 0.538 bits per heavy atom. The van der Waals surface area contributed by atoms with Gasteiger partial charge in [-0.05, 0) is 45.7 Å². The maximum Gasteiger partial charge on any atom is 0.320 e. The molecule has 0 saturated heterocycles. The van der Waals surface area contributed by atoms with E-state index in [0.717, 1.165) is 24.3 Å². The highest BCUT2D eigenvalue weighted by Crippen LogP contribution is 2.63. The van der Waals surface area contributed by atoms with Crippen LogP contribution in [0.15, 0.2) is 48.5 Å². The summed E-state index contributed by atoms with van der Waals surface area (Å²) in [6.45, 7) is 3.21. The second-order valence-electron chi connectivity index (χ2n) is 6.03. The van der Waals surface area contributed by atoms with E-state index in [2.05, 4.69) is 0 Å². The van der Waals surface area contributed by atoms with Crippen LogP contribution in [0.25, 0.3) is 0 Å². The lowest BCUT2D eigenvalue weighted by atomic mass is 9.93. The van der Waals surface area contributed by atoms with Crippen LogP contribution in [-0.2, 0) is 11.8 Å². The van der Waals surface area contributed by atoms with Crippen molar-refractivity contribution in [1.29, 1.82) is 0 Å². The van der Waals surface area contributed by atoms with Gasteiger partial charge >= 0.3 is 11.8 Å². The van der Waals surface area contributed by atoms with Gasteiger partial charge in [0.25, 0.3) is 9.16 Å². The Kier molecular flexibility index (Phi) is 5.61. The average molecular weight is 504 g/mol. The van der Waals surface area contributed by atoms with Crippen molar-refractivity contribution in [3.63, 3.8) is 0 Å². The summed E-state index contributed by atoms with van der Waals surface area (Å²) in [4.78, 5) is 0. The van der Waals surface area contributed by atoms with E-state index in [0.29, 0.717) is 11.1 Å². The third-order valence-corrected chi connectivity index (χ3v) is 6.63. The van der Waals surface area contributed by atoms with Crippen molar-refractivity contribution in [3.05, 3.63) is 70.8 Å². The van der Waals surface area contributed by atoms with E-state index >= 15 is 0 Å². The van der Waals surface area contributed by atoms with Gasteiger partial charge in [0, 0.05) is 11.1 Å². The molecule has 0 amide bonds. The van der Waals surface area contributed by atoms with E-state index in [1.165, 1.54) is 24.3 Å². The molecule has 142 valence electrons. The van der Waals surface area contributed by atoms with Crippen LogP contribution < -0.4 is 0 Å². The van der Waals surface area contributed by atoms with Crippen molar-refractivity contribution in [2.24, 2.45) is 0 Å². The van der Waals surface area contributed by atoms with E-state index in [-0.39, 0.29) is 0 Å². The molecule has 2 aromatic rings. The second kappa shape index (κ2) is 6.86. The zero-order valence-electron chi connectivity index (χ0n) is 13.6. The molecule has 0 aliphatic carbocycles. The van der Waals surface area contributed by atoms with Gasteiger partial charge in [-0.3, -0.25) is 0 Å². The van der Waals surface area contributed by atoms with Gasteiger partial charge in [0.1, 0.15) is 0 Å². The first-order valence-corrected chi connectivity index (χ1v) is 8.99. The summed E-state index contributed by atoms with van der Waals surface area (Å²) >= 11 is 3.82. The SMILES string of the molecule is Cc1ccc(C(F)(F)C(F)(Br)C(F)(Br)C(F)(F)c2ccc(C)cc2)cc1. The van der Waals surface area contributed by atoms with Crippen LogP contribution in [0, 0.1) is 13.8 Å². The molecule has 0 saturated carbocycles. The van der Waals surface area contributed by atoms with Crippen LogP contribution in [0.5, 0.6) is 0 Å². The van der Waals surface area contributed by atoms with Crippen LogP contribution >= 0.6 is 31.9 Å². The molecule has 0 bridgehead atoms. The second-order valence-corrected chi connectivity index (χ2v) is 8.22. The normalized spacial score (nSPS) is 17.5. The van der Waals surface area contributed by atoms with Gasteiger partial charge in [0.15, 0.2) is 0 Å². The first-order chi connectivity index (χ1) is 11.7. The number of alkyl halides is 8. The maximum atomic E-state index is 15.0. The smallest absolute Gasteiger partial charge is 0.219 e. The molecule has 2 unspecified atom stereocenters. The summed E-state index contributed by atoms with van der Waals surface area (Å²) < 4.78 is 79.6. The van der Waals surface area contributed by atoms with Gasteiger partial charge in [0.05, 0.1) is 0 Å². The van der Waals surface area contributed by atoms with Crippen molar-refractivity contribution < 1.29 is 26.3 Å². The zero-order chi connectivity index (χ0) is 20.0. The molecular weight excluding hydrogens is 490 g/mol. The van der Waals surface area contributed by atoms with Crippen LogP contribution in [0.4, 0.5) is 26.3 Å². The minimum atomic E-state index is -4.60. The van der Waals surface area contributed by atoms with Crippen LogP contribution in [-0.4, -0.2) is 9.16 Å². The Hall–Kier alpha value is -1.02. The van der Waals surface area contributed by atoms with Crippen molar-refractivity contribution in [3.8, 4) is 0 Å². The fourth-order valence-corrected chi connectivity index (χ4v) is 3.24. The predicted molar refractivity (Wildman–Crippen MR) is 95.7 cm³/mol. The summed E-state index contributed by atoms with van der Waals surface area (Å²) in [6.07, 6.45) is 0. The largest absolute Gasteiger partial charge is 0.320 e. The molecule has 2 rings (SSSR count). The Labute approximate surface area is 163 Å². The fourth-order valence-electron chi connectivity index (χ4n) is 2.28. The van der Waals surface area contributed by atoms with Crippen molar-refractivity contribution in [2.45, 2.75) is 34.8 Å². The highest BCUT2D eigenvalue weighted by atomic mass is 79.9. The Balaban J connectivity index is 2.53. The molecule has 2 aromatic carbocycles. The highest BCUT2D eigenvalue weighted by molar-refractivity contribution is 9.12. The van der Waals surface area contributed by atoms with Gasteiger partial charge < -0.3 is 0 Å². The molecule has 0 spiro atoms. The summed E-state index contributed by atoms with van der Waals surface area (Å²) in [5.41, 5.74) is -0.690. The number of benzene rings is 2. The first kappa shape index (κ1) is 21.3. The molecule has 0 fully saturated rings. The lowest BCUT2D eigenvalue weighted by molar-refractivity contribution is -0.199. The molecule has 0 aliphatic heterocycles. The number of hydrogen-bond donors (Lipinski definition) is 0. The topological polar surface area (TPSA) is 0 Å². The summed E-state index contributed by atoms with van der Waals surface area (Å²) in [5.74, 6) is -9.21. The lowest BCUT2D eigenvalue weighted by Gasteiger charge is -2.40. The van der Waals surface area contributed by atoms with Crippen molar-refractivity contribution in [1.82, 2.24) is 0 Å². The Morgan fingerprint density at radius 2 is 0.769 bits per heavy atom. The van der Waals surface area contributed by atoms with E-state index in [1.807, 2.05) is 31.9 Å². The Morgan fingerprint density at radius 3 is 1.00 bits per heavy atom. The minimum Gasteiger partial charge on any atom is -0.219 e. The van der Waals surface area contributed by atoms with Crippen molar-refractivity contribution >= 4 is 31.9 Å². The van der Waals surface area contributed by atoms with Gasteiger partial charge in [0.2, 0.25) is 0 Å². The molecule has 0 aliphatic rings. The summed E-state index contributed by atoms with van der Waals surface area (Å²) in [7, 11) is 0. The van der Waals surface area contributed by atoms with E-state index in [4.69, 9.17) is 0 Å². The monoisotopic (exact) mass is 502 g/mol. The van der Waals surface area contributed by atoms with E-state index < -0.39 is 32.1 Å². The van der Waals surface area contributed by atoms with Gasteiger partial charge in [-0.1, -0.05) is 59.7 Å². The van der Waals surface area contributed by atoms with Crippen LogP contribution in [0.1, 0.15) is 22.3 Å². The van der Waals surface area contributed by atoms with E-state index in [9.17, 15) is 26.3 Å². The molecule has 0 nitrogen and oxygen atoms in total. The highest BCUT2D eigenvalue weighted by Gasteiger charge is 2.76. The summed E-state index contributed by atoms with van der Waals surface area (Å²) in [6, 6.07) is 8.43. The average Bonchev–Trinajstić information content (AvgIpc) is 2.55. The van der Waals surface area contributed by atoms with Gasteiger partial charge in [-0.2, -0.15) is 17.6 Å².